The average Bonchev–Trinajstić information content (AvgIpc) is 2.76. The van der Waals surface area contributed by atoms with Crippen LogP contribution in [0.3, 0.4) is 0 Å². The zero-order valence-corrected chi connectivity index (χ0v) is 10.7. The predicted molar refractivity (Wildman–Crippen MR) is 68.6 cm³/mol. The molecule has 2 rings (SSSR count). The van der Waals surface area contributed by atoms with Gasteiger partial charge in [-0.1, -0.05) is 0 Å². The standard InChI is InChI=1S/C11H15N5S/c1-8(2)16-11(14-7-15-16)6-17-10-3-4-13-5-9(10)12/h3-5,7-8H,6,12H2,1-2H3. The summed E-state index contributed by atoms with van der Waals surface area (Å²) in [6, 6.07) is 2.23. The van der Waals surface area contributed by atoms with Crippen LogP contribution in [0.5, 0.6) is 0 Å². The molecule has 0 aliphatic rings. The summed E-state index contributed by atoms with van der Waals surface area (Å²) >= 11 is 1.65. The lowest BCUT2D eigenvalue weighted by Crippen LogP contribution is -2.07. The van der Waals surface area contributed by atoms with E-state index in [2.05, 4.69) is 28.9 Å². The van der Waals surface area contributed by atoms with Gasteiger partial charge >= 0.3 is 0 Å². The minimum absolute atomic E-state index is 0.322. The van der Waals surface area contributed by atoms with Crippen molar-refractivity contribution in [2.45, 2.75) is 30.5 Å². The molecule has 0 fully saturated rings. The van der Waals surface area contributed by atoms with Crippen LogP contribution >= 0.6 is 11.8 Å². The van der Waals surface area contributed by atoms with Gasteiger partial charge in [0.05, 0.1) is 17.6 Å². The van der Waals surface area contributed by atoms with E-state index in [1.165, 1.54) is 0 Å². The van der Waals surface area contributed by atoms with E-state index in [0.717, 1.165) is 16.5 Å². The van der Waals surface area contributed by atoms with Gasteiger partial charge in [-0.25, -0.2) is 9.67 Å². The molecule has 17 heavy (non-hydrogen) atoms. The fourth-order valence-electron chi connectivity index (χ4n) is 1.48. The Morgan fingerprint density at radius 1 is 1.47 bits per heavy atom. The first kappa shape index (κ1) is 11.9. The number of hydrogen-bond acceptors (Lipinski definition) is 5. The second-order valence-electron chi connectivity index (χ2n) is 3.92. The third kappa shape index (κ3) is 2.76. The maximum Gasteiger partial charge on any atom is 0.138 e. The van der Waals surface area contributed by atoms with Crippen LogP contribution in [0.2, 0.25) is 0 Å². The van der Waals surface area contributed by atoms with E-state index in [1.807, 2.05) is 10.7 Å². The zero-order chi connectivity index (χ0) is 12.3. The summed E-state index contributed by atoms with van der Waals surface area (Å²) in [5.41, 5.74) is 6.53. The molecular weight excluding hydrogens is 234 g/mol. The molecule has 0 spiro atoms. The van der Waals surface area contributed by atoms with E-state index in [9.17, 15) is 0 Å². The highest BCUT2D eigenvalue weighted by Crippen LogP contribution is 2.26. The molecule has 0 radical (unpaired) electrons. The van der Waals surface area contributed by atoms with Crippen molar-refractivity contribution >= 4 is 17.4 Å². The third-order valence-corrected chi connectivity index (χ3v) is 3.39. The number of hydrogen-bond donors (Lipinski definition) is 1. The third-order valence-electron chi connectivity index (χ3n) is 2.30. The first-order chi connectivity index (χ1) is 8.18. The molecule has 0 saturated carbocycles. The van der Waals surface area contributed by atoms with Crippen molar-refractivity contribution in [3.8, 4) is 0 Å². The van der Waals surface area contributed by atoms with Crippen molar-refractivity contribution in [3.63, 3.8) is 0 Å². The maximum absolute atomic E-state index is 5.83. The molecule has 2 aromatic rings. The number of thioether (sulfide) groups is 1. The molecule has 0 aliphatic carbocycles. The van der Waals surface area contributed by atoms with Gasteiger partial charge in [0.2, 0.25) is 0 Å². The van der Waals surface area contributed by atoms with Gasteiger partial charge in [0.15, 0.2) is 0 Å². The molecule has 0 bridgehead atoms. The quantitative estimate of drug-likeness (QED) is 0.841. The van der Waals surface area contributed by atoms with Gasteiger partial charge in [0, 0.05) is 17.1 Å². The topological polar surface area (TPSA) is 69.6 Å². The van der Waals surface area contributed by atoms with Gasteiger partial charge in [-0.3, -0.25) is 4.98 Å². The van der Waals surface area contributed by atoms with Gasteiger partial charge in [0.25, 0.3) is 0 Å². The van der Waals surface area contributed by atoms with Gasteiger partial charge in [-0.05, 0) is 19.9 Å². The summed E-state index contributed by atoms with van der Waals surface area (Å²) in [7, 11) is 0. The minimum atomic E-state index is 0.322. The van der Waals surface area contributed by atoms with Crippen LogP contribution < -0.4 is 5.73 Å². The fraction of sp³-hybridized carbons (Fsp3) is 0.364. The van der Waals surface area contributed by atoms with Crippen LogP contribution in [0, 0.1) is 0 Å². The summed E-state index contributed by atoms with van der Waals surface area (Å²) in [6.07, 6.45) is 4.99. The Balaban J connectivity index is 2.08. The van der Waals surface area contributed by atoms with Crippen LogP contribution in [0.15, 0.2) is 29.7 Å². The van der Waals surface area contributed by atoms with Gasteiger partial charge < -0.3 is 5.73 Å². The molecule has 0 saturated heterocycles. The Labute approximate surface area is 104 Å². The molecule has 90 valence electrons. The number of aromatic nitrogens is 4. The predicted octanol–water partition coefficient (Wildman–Crippen LogP) is 2.13. The van der Waals surface area contributed by atoms with Crippen LogP contribution in [0.4, 0.5) is 5.69 Å². The summed E-state index contributed by atoms with van der Waals surface area (Å²) in [4.78, 5) is 9.25. The maximum atomic E-state index is 5.83. The van der Waals surface area contributed by atoms with E-state index in [-0.39, 0.29) is 0 Å². The molecule has 0 aliphatic heterocycles. The molecule has 2 aromatic heterocycles. The Hall–Kier alpha value is -1.56. The SMILES string of the molecule is CC(C)n1ncnc1CSc1ccncc1N. The molecular formula is C11H15N5S. The van der Waals surface area contributed by atoms with Gasteiger partial charge in [-0.2, -0.15) is 5.10 Å². The van der Waals surface area contributed by atoms with Crippen molar-refractivity contribution in [2.24, 2.45) is 0 Å². The summed E-state index contributed by atoms with van der Waals surface area (Å²) < 4.78 is 1.92. The van der Waals surface area contributed by atoms with Crippen molar-refractivity contribution in [1.29, 1.82) is 0 Å². The minimum Gasteiger partial charge on any atom is -0.397 e. The Morgan fingerprint density at radius 3 is 3.00 bits per heavy atom. The highest BCUT2D eigenvalue weighted by molar-refractivity contribution is 7.98. The first-order valence-electron chi connectivity index (χ1n) is 5.39. The molecule has 6 heteroatoms. The van der Waals surface area contributed by atoms with Crippen molar-refractivity contribution < 1.29 is 0 Å². The fourth-order valence-corrected chi connectivity index (χ4v) is 2.34. The first-order valence-corrected chi connectivity index (χ1v) is 6.37. The highest BCUT2D eigenvalue weighted by Gasteiger charge is 2.08. The Kier molecular flexibility index (Phi) is 3.63. The van der Waals surface area contributed by atoms with Crippen LogP contribution in [0.1, 0.15) is 25.7 Å². The lowest BCUT2D eigenvalue weighted by atomic mass is 10.4. The van der Waals surface area contributed by atoms with Crippen LogP contribution in [-0.4, -0.2) is 19.7 Å². The van der Waals surface area contributed by atoms with Crippen LogP contribution in [0.25, 0.3) is 0 Å². The second kappa shape index (κ2) is 5.18. The van der Waals surface area contributed by atoms with E-state index in [0.29, 0.717) is 11.7 Å². The van der Waals surface area contributed by atoms with Gasteiger partial charge in [0.1, 0.15) is 12.2 Å². The molecule has 5 nitrogen and oxygen atoms in total. The lowest BCUT2D eigenvalue weighted by Gasteiger charge is -2.09. The highest BCUT2D eigenvalue weighted by atomic mass is 32.2. The van der Waals surface area contributed by atoms with Crippen molar-refractivity contribution in [1.82, 2.24) is 19.7 Å². The van der Waals surface area contributed by atoms with E-state index >= 15 is 0 Å². The Bertz CT molecular complexity index is 494. The van der Waals surface area contributed by atoms with Crippen molar-refractivity contribution in [2.75, 3.05) is 5.73 Å². The molecule has 0 aromatic carbocycles. The van der Waals surface area contributed by atoms with E-state index < -0.39 is 0 Å². The average molecular weight is 249 g/mol. The number of nitrogens with two attached hydrogens (primary N) is 1. The number of anilines is 1. The normalized spacial score (nSPS) is 11.0. The molecule has 2 N–H and O–H groups in total. The smallest absolute Gasteiger partial charge is 0.138 e. The molecule has 0 atom stereocenters. The number of nitrogen functional groups attached to an aromatic ring is 1. The second-order valence-corrected chi connectivity index (χ2v) is 4.93. The summed E-state index contributed by atoms with van der Waals surface area (Å²) in [5, 5.41) is 4.20. The monoisotopic (exact) mass is 249 g/mol. The van der Waals surface area contributed by atoms with Crippen LogP contribution in [-0.2, 0) is 5.75 Å². The molecule has 2 heterocycles. The zero-order valence-electron chi connectivity index (χ0n) is 9.87. The lowest BCUT2D eigenvalue weighted by molar-refractivity contribution is 0.514. The van der Waals surface area contributed by atoms with E-state index in [4.69, 9.17) is 5.73 Å². The Morgan fingerprint density at radius 2 is 2.29 bits per heavy atom. The summed E-state index contributed by atoms with van der Waals surface area (Å²) in [6.45, 7) is 4.17. The van der Waals surface area contributed by atoms with Crippen molar-refractivity contribution in [3.05, 3.63) is 30.6 Å². The summed E-state index contributed by atoms with van der Waals surface area (Å²) in [5.74, 6) is 1.72. The number of pyridine rings is 1. The van der Waals surface area contributed by atoms with Gasteiger partial charge in [-0.15, -0.1) is 11.8 Å². The van der Waals surface area contributed by atoms with E-state index in [1.54, 1.807) is 30.5 Å². The number of rotatable bonds is 4. The largest absolute Gasteiger partial charge is 0.397 e. The number of nitrogens with zero attached hydrogens (tertiary/aromatic N) is 4. The molecule has 0 unspecified atom stereocenters. The molecule has 0 amide bonds.